The number of ether oxygens (including phenoxy) is 1. The summed E-state index contributed by atoms with van der Waals surface area (Å²) in [6, 6.07) is 11.1. The van der Waals surface area contributed by atoms with E-state index in [0.717, 1.165) is 42.6 Å². The Kier molecular flexibility index (Phi) is 5.94. The lowest BCUT2D eigenvalue weighted by atomic mass is 10.2. The zero-order chi connectivity index (χ0) is 22.0. The van der Waals surface area contributed by atoms with Crippen molar-refractivity contribution in [3.05, 3.63) is 46.5 Å². The van der Waals surface area contributed by atoms with Crippen molar-refractivity contribution in [2.45, 2.75) is 13.0 Å². The number of nitrogens with zero attached hydrogens (tertiary/aromatic N) is 4. The van der Waals surface area contributed by atoms with Crippen molar-refractivity contribution in [1.82, 2.24) is 5.32 Å². The molecule has 2 aromatic rings. The highest BCUT2D eigenvalue weighted by atomic mass is 32.1. The SMILES string of the molecule is CC(=O)NC[C@H]1CN(c2ccc(N3CCN(c4ccc([N+](=O)[O-])s4)CC3)cc2)C(=O)O1. The molecule has 0 aliphatic carbocycles. The molecule has 164 valence electrons. The van der Waals surface area contributed by atoms with Crippen molar-refractivity contribution in [2.24, 2.45) is 0 Å². The minimum absolute atomic E-state index is 0.156. The molecule has 2 aliphatic heterocycles. The third-order valence-corrected chi connectivity index (χ3v) is 6.43. The van der Waals surface area contributed by atoms with E-state index in [1.165, 1.54) is 18.3 Å². The van der Waals surface area contributed by atoms with Crippen molar-refractivity contribution >= 4 is 44.7 Å². The molecule has 0 unspecified atom stereocenters. The number of carbonyl (C=O) groups excluding carboxylic acids is 2. The number of nitrogens with one attached hydrogen (secondary N) is 1. The normalized spacial score (nSPS) is 18.8. The Morgan fingerprint density at radius 3 is 2.39 bits per heavy atom. The molecular weight excluding hydrogens is 422 g/mol. The summed E-state index contributed by atoms with van der Waals surface area (Å²) in [6.45, 7) is 5.28. The minimum Gasteiger partial charge on any atom is -0.442 e. The van der Waals surface area contributed by atoms with Crippen molar-refractivity contribution in [1.29, 1.82) is 0 Å². The molecular formula is C20H23N5O5S. The lowest BCUT2D eigenvalue weighted by Gasteiger charge is -2.36. The van der Waals surface area contributed by atoms with E-state index in [9.17, 15) is 19.7 Å². The minimum atomic E-state index is -0.415. The van der Waals surface area contributed by atoms with Gasteiger partial charge in [-0.1, -0.05) is 0 Å². The molecule has 4 rings (SSSR count). The van der Waals surface area contributed by atoms with E-state index in [1.807, 2.05) is 30.3 Å². The van der Waals surface area contributed by atoms with Gasteiger partial charge in [0.15, 0.2) is 0 Å². The number of benzene rings is 1. The molecule has 2 fully saturated rings. The van der Waals surface area contributed by atoms with Gasteiger partial charge in [-0.15, -0.1) is 0 Å². The number of hydrogen-bond acceptors (Lipinski definition) is 8. The van der Waals surface area contributed by atoms with Gasteiger partial charge < -0.3 is 19.9 Å². The van der Waals surface area contributed by atoms with Crippen LogP contribution in [0.1, 0.15) is 6.92 Å². The zero-order valence-corrected chi connectivity index (χ0v) is 17.8. The molecule has 11 heteroatoms. The number of rotatable bonds is 6. The van der Waals surface area contributed by atoms with Crippen LogP contribution in [0.3, 0.4) is 0 Å². The molecule has 0 saturated carbocycles. The topological polar surface area (TPSA) is 108 Å². The van der Waals surface area contributed by atoms with Gasteiger partial charge in [-0.2, -0.15) is 0 Å². The van der Waals surface area contributed by atoms with Crippen LogP contribution in [-0.2, 0) is 9.53 Å². The molecule has 1 atom stereocenters. The highest BCUT2D eigenvalue weighted by Crippen LogP contribution is 2.32. The van der Waals surface area contributed by atoms with E-state index in [1.54, 1.807) is 11.0 Å². The van der Waals surface area contributed by atoms with Crippen molar-refractivity contribution in [3.8, 4) is 0 Å². The first-order valence-corrected chi connectivity index (χ1v) is 10.8. The Labute approximate surface area is 183 Å². The molecule has 3 heterocycles. The molecule has 1 aromatic heterocycles. The highest BCUT2D eigenvalue weighted by Gasteiger charge is 2.32. The number of nitro groups is 1. The molecule has 1 aromatic carbocycles. The summed E-state index contributed by atoms with van der Waals surface area (Å²) >= 11 is 1.20. The van der Waals surface area contributed by atoms with Crippen molar-refractivity contribution < 1.29 is 19.2 Å². The summed E-state index contributed by atoms with van der Waals surface area (Å²) in [5, 5.41) is 14.6. The van der Waals surface area contributed by atoms with Gasteiger partial charge in [0.05, 0.1) is 23.0 Å². The molecule has 1 N–H and O–H groups in total. The number of piperazine rings is 1. The number of amides is 2. The summed E-state index contributed by atoms with van der Waals surface area (Å²) in [6.07, 6.45) is -0.779. The van der Waals surface area contributed by atoms with Gasteiger partial charge in [0.25, 0.3) is 0 Å². The summed E-state index contributed by atoms with van der Waals surface area (Å²) in [4.78, 5) is 39.7. The monoisotopic (exact) mass is 445 g/mol. The van der Waals surface area contributed by atoms with Crippen molar-refractivity contribution in [2.75, 3.05) is 54.0 Å². The zero-order valence-electron chi connectivity index (χ0n) is 17.0. The second-order valence-corrected chi connectivity index (χ2v) is 8.45. The molecule has 2 aliphatic rings. The quantitative estimate of drug-likeness (QED) is 0.537. The van der Waals surface area contributed by atoms with Gasteiger partial charge in [0, 0.05) is 50.5 Å². The van der Waals surface area contributed by atoms with E-state index in [4.69, 9.17) is 4.74 Å². The summed E-state index contributed by atoms with van der Waals surface area (Å²) < 4.78 is 5.31. The Morgan fingerprint density at radius 2 is 1.77 bits per heavy atom. The summed E-state index contributed by atoms with van der Waals surface area (Å²) in [5.41, 5.74) is 1.81. The average Bonchev–Trinajstić information content (AvgIpc) is 3.40. The largest absolute Gasteiger partial charge is 0.442 e. The van der Waals surface area contributed by atoms with Gasteiger partial charge in [-0.05, 0) is 41.7 Å². The highest BCUT2D eigenvalue weighted by molar-refractivity contribution is 7.19. The van der Waals surface area contributed by atoms with Gasteiger partial charge in [0.1, 0.15) is 6.10 Å². The fraction of sp³-hybridized carbons (Fsp3) is 0.400. The molecule has 0 radical (unpaired) electrons. The van der Waals surface area contributed by atoms with E-state index in [-0.39, 0.29) is 21.9 Å². The smallest absolute Gasteiger partial charge is 0.414 e. The van der Waals surface area contributed by atoms with Crippen LogP contribution in [0, 0.1) is 10.1 Å². The predicted octanol–water partition coefficient (Wildman–Crippen LogP) is 2.44. The van der Waals surface area contributed by atoms with E-state index < -0.39 is 6.09 Å². The third kappa shape index (κ3) is 4.71. The molecule has 10 nitrogen and oxygen atoms in total. The molecule has 0 bridgehead atoms. The maximum Gasteiger partial charge on any atom is 0.414 e. The van der Waals surface area contributed by atoms with E-state index >= 15 is 0 Å². The fourth-order valence-corrected chi connectivity index (χ4v) is 4.58. The number of anilines is 3. The van der Waals surface area contributed by atoms with Crippen molar-refractivity contribution in [3.63, 3.8) is 0 Å². The van der Waals surface area contributed by atoms with Crippen LogP contribution < -0.4 is 20.0 Å². The fourth-order valence-electron chi connectivity index (χ4n) is 3.71. The standard InChI is InChI=1S/C20H23N5O5S/c1-14(26)21-12-17-13-24(20(27)30-17)16-4-2-15(3-5-16)22-8-10-23(11-9-22)18-6-7-19(31-18)25(28)29/h2-7,17H,8-13H2,1H3,(H,21,26)/t17-/m0/s1. The van der Waals surface area contributed by atoms with Crippen LogP contribution in [0.25, 0.3) is 0 Å². The predicted molar refractivity (Wildman–Crippen MR) is 118 cm³/mol. The first-order valence-electron chi connectivity index (χ1n) is 9.97. The van der Waals surface area contributed by atoms with Crippen LogP contribution in [0.5, 0.6) is 0 Å². The lowest BCUT2D eigenvalue weighted by Crippen LogP contribution is -2.46. The molecule has 2 saturated heterocycles. The maximum absolute atomic E-state index is 12.2. The number of carbonyl (C=O) groups is 2. The number of cyclic esters (lactones) is 1. The van der Waals surface area contributed by atoms with E-state index in [0.29, 0.717) is 13.1 Å². The molecule has 2 amide bonds. The third-order valence-electron chi connectivity index (χ3n) is 5.33. The summed E-state index contributed by atoms with van der Waals surface area (Å²) in [5.74, 6) is -0.156. The van der Waals surface area contributed by atoms with Crippen LogP contribution in [0.4, 0.5) is 26.2 Å². The maximum atomic E-state index is 12.2. The van der Waals surface area contributed by atoms with Gasteiger partial charge in [0.2, 0.25) is 5.91 Å². The molecule has 0 spiro atoms. The van der Waals surface area contributed by atoms with Gasteiger partial charge in [-0.3, -0.25) is 19.8 Å². The average molecular weight is 446 g/mol. The number of hydrogen-bond donors (Lipinski definition) is 1. The van der Waals surface area contributed by atoms with E-state index in [2.05, 4.69) is 15.1 Å². The van der Waals surface area contributed by atoms with Crippen LogP contribution in [-0.4, -0.2) is 62.3 Å². The van der Waals surface area contributed by atoms with Crippen LogP contribution in [0.2, 0.25) is 0 Å². The second-order valence-electron chi connectivity index (χ2n) is 7.41. The Balaban J connectivity index is 1.33. The second kappa shape index (κ2) is 8.80. The van der Waals surface area contributed by atoms with Crippen LogP contribution >= 0.6 is 11.3 Å². The number of thiophene rings is 1. The first-order chi connectivity index (χ1) is 14.9. The van der Waals surface area contributed by atoms with Gasteiger partial charge in [-0.25, -0.2) is 4.79 Å². The Bertz CT molecular complexity index is 971. The Hall–Kier alpha value is -3.34. The molecule has 31 heavy (non-hydrogen) atoms. The summed E-state index contributed by atoms with van der Waals surface area (Å²) in [7, 11) is 0. The Morgan fingerprint density at radius 1 is 1.13 bits per heavy atom. The van der Waals surface area contributed by atoms with Gasteiger partial charge >= 0.3 is 11.1 Å². The lowest BCUT2D eigenvalue weighted by molar-refractivity contribution is -0.380. The van der Waals surface area contributed by atoms with Crippen LogP contribution in [0.15, 0.2) is 36.4 Å². The first kappa shape index (κ1) is 20.9.